The Morgan fingerprint density at radius 1 is 1.45 bits per heavy atom. The lowest BCUT2D eigenvalue weighted by Crippen LogP contribution is -2.13. The Morgan fingerprint density at radius 2 is 2.35 bits per heavy atom. The lowest BCUT2D eigenvalue weighted by Gasteiger charge is -2.00. The standard InChI is InChI=1S/C12H10N6OS/c1-17-4-5-20-12(17)16-11(19)9-2-3-14-10(6-9)18-8-13-7-15-18/h2-8H,1H3. The van der Waals surface area contributed by atoms with E-state index in [4.69, 9.17) is 0 Å². The summed E-state index contributed by atoms with van der Waals surface area (Å²) in [6.07, 6.45) is 6.33. The first-order valence-corrected chi connectivity index (χ1v) is 6.62. The molecule has 0 fully saturated rings. The molecule has 1 amide bonds. The van der Waals surface area contributed by atoms with Crippen molar-refractivity contribution in [2.45, 2.75) is 0 Å². The first kappa shape index (κ1) is 12.4. The molecule has 0 aliphatic carbocycles. The van der Waals surface area contributed by atoms with E-state index in [1.165, 1.54) is 28.7 Å². The first-order valence-electron chi connectivity index (χ1n) is 5.74. The summed E-state index contributed by atoms with van der Waals surface area (Å²) in [5.41, 5.74) is 0.457. The molecule has 0 aromatic carbocycles. The van der Waals surface area contributed by atoms with Gasteiger partial charge in [0, 0.05) is 30.4 Å². The van der Waals surface area contributed by atoms with Gasteiger partial charge in [-0.05, 0) is 12.1 Å². The summed E-state index contributed by atoms with van der Waals surface area (Å²) in [7, 11) is 1.84. The second-order valence-corrected chi connectivity index (χ2v) is 4.83. The van der Waals surface area contributed by atoms with Crippen molar-refractivity contribution in [3.8, 4) is 5.82 Å². The third-order valence-corrected chi connectivity index (χ3v) is 3.45. The molecule has 0 aliphatic rings. The summed E-state index contributed by atoms with van der Waals surface area (Å²) in [6, 6.07) is 3.26. The minimum Gasteiger partial charge on any atom is -0.327 e. The number of aryl methyl sites for hydroxylation is 1. The van der Waals surface area contributed by atoms with Gasteiger partial charge in [-0.15, -0.1) is 11.3 Å². The van der Waals surface area contributed by atoms with Gasteiger partial charge in [0.25, 0.3) is 5.91 Å². The van der Waals surface area contributed by atoms with Crippen LogP contribution >= 0.6 is 11.3 Å². The van der Waals surface area contributed by atoms with E-state index in [1.807, 2.05) is 18.6 Å². The molecule has 0 N–H and O–H groups in total. The summed E-state index contributed by atoms with van der Waals surface area (Å²) in [4.78, 5) is 24.9. The third-order valence-electron chi connectivity index (χ3n) is 2.60. The highest BCUT2D eigenvalue weighted by atomic mass is 32.1. The maximum absolute atomic E-state index is 12.1. The Balaban J connectivity index is 1.97. The Labute approximate surface area is 117 Å². The SMILES string of the molecule is Cn1ccsc1=NC(=O)c1ccnc(-n2cncn2)c1. The lowest BCUT2D eigenvalue weighted by molar-refractivity contribution is 0.0997. The van der Waals surface area contributed by atoms with Gasteiger partial charge in [0.1, 0.15) is 12.7 Å². The molecule has 8 heteroatoms. The molecular weight excluding hydrogens is 276 g/mol. The average molecular weight is 286 g/mol. The quantitative estimate of drug-likeness (QED) is 0.698. The highest BCUT2D eigenvalue weighted by Crippen LogP contribution is 2.06. The number of hydrogen-bond acceptors (Lipinski definition) is 5. The van der Waals surface area contributed by atoms with Crippen molar-refractivity contribution in [1.82, 2.24) is 24.3 Å². The van der Waals surface area contributed by atoms with Gasteiger partial charge in [0.2, 0.25) is 0 Å². The van der Waals surface area contributed by atoms with E-state index < -0.39 is 0 Å². The van der Waals surface area contributed by atoms with E-state index >= 15 is 0 Å². The Bertz CT molecular complexity index is 801. The number of rotatable bonds is 2. The monoisotopic (exact) mass is 286 g/mol. The first-order chi connectivity index (χ1) is 9.74. The second kappa shape index (κ2) is 5.17. The molecule has 0 saturated heterocycles. The van der Waals surface area contributed by atoms with E-state index in [0.29, 0.717) is 16.2 Å². The highest BCUT2D eigenvalue weighted by Gasteiger charge is 2.07. The predicted octanol–water partition coefficient (Wildman–Crippen LogP) is 0.803. The number of carbonyl (C=O) groups excluding carboxylic acids is 1. The van der Waals surface area contributed by atoms with Gasteiger partial charge >= 0.3 is 0 Å². The van der Waals surface area contributed by atoms with Crippen molar-refractivity contribution < 1.29 is 4.79 Å². The van der Waals surface area contributed by atoms with Crippen molar-refractivity contribution in [3.05, 3.63) is 52.9 Å². The van der Waals surface area contributed by atoms with Crippen LogP contribution in [-0.4, -0.2) is 30.2 Å². The van der Waals surface area contributed by atoms with Gasteiger partial charge in [-0.1, -0.05) is 0 Å². The molecule has 0 radical (unpaired) electrons. The van der Waals surface area contributed by atoms with Crippen LogP contribution < -0.4 is 4.80 Å². The summed E-state index contributed by atoms with van der Waals surface area (Å²) < 4.78 is 3.28. The van der Waals surface area contributed by atoms with Gasteiger partial charge in [-0.3, -0.25) is 4.79 Å². The van der Waals surface area contributed by atoms with Crippen molar-refractivity contribution >= 4 is 17.2 Å². The van der Waals surface area contributed by atoms with Gasteiger partial charge in [0.05, 0.1) is 0 Å². The van der Waals surface area contributed by atoms with Crippen LogP contribution in [-0.2, 0) is 7.05 Å². The minimum absolute atomic E-state index is 0.313. The van der Waals surface area contributed by atoms with E-state index in [2.05, 4.69) is 20.1 Å². The fraction of sp³-hybridized carbons (Fsp3) is 0.0833. The molecule has 3 rings (SSSR count). The van der Waals surface area contributed by atoms with Crippen LogP contribution in [0.2, 0.25) is 0 Å². The van der Waals surface area contributed by atoms with Crippen LogP contribution in [0.25, 0.3) is 5.82 Å². The predicted molar refractivity (Wildman–Crippen MR) is 72.3 cm³/mol. The zero-order valence-corrected chi connectivity index (χ0v) is 11.4. The van der Waals surface area contributed by atoms with Crippen LogP contribution in [0.5, 0.6) is 0 Å². The molecule has 0 aliphatic heterocycles. The number of aromatic nitrogens is 5. The summed E-state index contributed by atoms with van der Waals surface area (Å²) in [5, 5.41) is 5.85. The van der Waals surface area contributed by atoms with Crippen molar-refractivity contribution in [2.75, 3.05) is 0 Å². The number of amides is 1. The number of pyridine rings is 1. The maximum Gasteiger partial charge on any atom is 0.279 e. The Morgan fingerprint density at radius 3 is 3.05 bits per heavy atom. The van der Waals surface area contributed by atoms with Crippen molar-refractivity contribution in [2.24, 2.45) is 12.0 Å². The average Bonchev–Trinajstić information content (AvgIpc) is 3.12. The van der Waals surface area contributed by atoms with Crippen LogP contribution in [0.1, 0.15) is 10.4 Å². The zero-order valence-electron chi connectivity index (χ0n) is 10.5. The zero-order chi connectivity index (χ0) is 13.9. The van der Waals surface area contributed by atoms with E-state index in [9.17, 15) is 4.79 Å². The molecule has 0 atom stereocenters. The minimum atomic E-state index is -0.313. The molecule has 0 saturated carbocycles. The fourth-order valence-corrected chi connectivity index (χ4v) is 2.32. The molecule has 0 spiro atoms. The van der Waals surface area contributed by atoms with Crippen LogP contribution in [0.4, 0.5) is 0 Å². The molecule has 0 unspecified atom stereocenters. The van der Waals surface area contributed by atoms with Gasteiger partial charge in [-0.2, -0.15) is 10.1 Å². The molecule has 20 heavy (non-hydrogen) atoms. The van der Waals surface area contributed by atoms with Crippen molar-refractivity contribution in [1.29, 1.82) is 0 Å². The summed E-state index contributed by atoms with van der Waals surface area (Å²) in [5.74, 6) is 0.214. The Hall–Kier alpha value is -2.61. The van der Waals surface area contributed by atoms with Crippen LogP contribution in [0, 0.1) is 0 Å². The van der Waals surface area contributed by atoms with Gasteiger partial charge in [-0.25, -0.2) is 14.6 Å². The number of carbonyl (C=O) groups is 1. The van der Waals surface area contributed by atoms with Gasteiger partial charge < -0.3 is 4.57 Å². The van der Waals surface area contributed by atoms with Crippen LogP contribution in [0.15, 0.2) is 47.6 Å². The largest absolute Gasteiger partial charge is 0.327 e. The molecule has 0 bridgehead atoms. The fourth-order valence-electron chi connectivity index (χ4n) is 1.59. The Kier molecular flexibility index (Phi) is 3.21. The molecule has 100 valence electrons. The third kappa shape index (κ3) is 2.41. The normalized spacial score (nSPS) is 11.8. The molecule has 3 heterocycles. The van der Waals surface area contributed by atoms with E-state index in [-0.39, 0.29) is 5.91 Å². The topological polar surface area (TPSA) is 78.0 Å². The second-order valence-electron chi connectivity index (χ2n) is 3.96. The molecule has 7 nitrogen and oxygen atoms in total. The van der Waals surface area contributed by atoms with Crippen molar-refractivity contribution in [3.63, 3.8) is 0 Å². The summed E-state index contributed by atoms with van der Waals surface area (Å²) >= 11 is 1.41. The maximum atomic E-state index is 12.1. The molecule has 3 aromatic rings. The van der Waals surface area contributed by atoms with Gasteiger partial charge in [0.15, 0.2) is 10.6 Å². The number of thiazole rings is 1. The molecule has 3 aromatic heterocycles. The molecular formula is C12H10N6OS. The number of hydrogen-bond donors (Lipinski definition) is 0. The number of nitrogens with zero attached hydrogens (tertiary/aromatic N) is 6. The van der Waals surface area contributed by atoms with E-state index in [0.717, 1.165) is 0 Å². The van der Waals surface area contributed by atoms with E-state index in [1.54, 1.807) is 22.9 Å². The summed E-state index contributed by atoms with van der Waals surface area (Å²) in [6.45, 7) is 0. The lowest BCUT2D eigenvalue weighted by atomic mass is 10.2. The highest BCUT2D eigenvalue weighted by molar-refractivity contribution is 7.07. The smallest absolute Gasteiger partial charge is 0.279 e. The van der Waals surface area contributed by atoms with Crippen LogP contribution in [0.3, 0.4) is 0 Å².